The first-order valence-electron chi connectivity index (χ1n) is 6.21. The third kappa shape index (κ3) is 2.34. The van der Waals surface area contributed by atoms with Crippen molar-refractivity contribution in [1.82, 2.24) is 10.2 Å². The molecular weight excluding hydrogens is 252 g/mol. The highest BCUT2D eigenvalue weighted by molar-refractivity contribution is 5.38. The molecule has 2 aromatic rings. The van der Waals surface area contributed by atoms with Crippen LogP contribution in [0.25, 0.3) is 0 Å². The Bertz CT molecular complexity index is 726. The van der Waals surface area contributed by atoms with Crippen molar-refractivity contribution in [3.63, 3.8) is 0 Å². The van der Waals surface area contributed by atoms with E-state index in [0.29, 0.717) is 11.3 Å². The molecular formula is C15H14N4O. The van der Waals surface area contributed by atoms with E-state index in [9.17, 15) is 15.3 Å². The number of hydrogen-bond donors (Lipinski definition) is 2. The van der Waals surface area contributed by atoms with Gasteiger partial charge in [0.1, 0.15) is 5.92 Å². The van der Waals surface area contributed by atoms with E-state index in [0.717, 1.165) is 11.1 Å². The van der Waals surface area contributed by atoms with Crippen molar-refractivity contribution < 1.29 is 0 Å². The Balaban J connectivity index is 2.63. The number of rotatable bonds is 3. The molecule has 0 aliphatic carbocycles. The van der Waals surface area contributed by atoms with Crippen LogP contribution < -0.4 is 5.56 Å². The summed E-state index contributed by atoms with van der Waals surface area (Å²) >= 11 is 0. The van der Waals surface area contributed by atoms with Crippen molar-refractivity contribution in [1.29, 1.82) is 10.5 Å². The predicted molar refractivity (Wildman–Crippen MR) is 73.9 cm³/mol. The zero-order valence-corrected chi connectivity index (χ0v) is 11.3. The van der Waals surface area contributed by atoms with Gasteiger partial charge in [-0.25, -0.2) is 0 Å². The first kappa shape index (κ1) is 13.6. The van der Waals surface area contributed by atoms with Gasteiger partial charge < -0.3 is 5.10 Å². The van der Waals surface area contributed by atoms with Crippen molar-refractivity contribution in [3.8, 4) is 12.1 Å². The van der Waals surface area contributed by atoms with Gasteiger partial charge in [0.25, 0.3) is 5.56 Å². The minimum absolute atomic E-state index is 0.288. The summed E-state index contributed by atoms with van der Waals surface area (Å²) in [4.78, 5) is 12.0. The van der Waals surface area contributed by atoms with Gasteiger partial charge in [-0.15, -0.1) is 0 Å². The second kappa shape index (κ2) is 5.46. The zero-order valence-electron chi connectivity index (χ0n) is 11.3. The number of nitrogens with zero attached hydrogens (tertiary/aromatic N) is 2. The first-order chi connectivity index (χ1) is 9.58. The van der Waals surface area contributed by atoms with Crippen LogP contribution in [0.4, 0.5) is 0 Å². The maximum atomic E-state index is 12.0. The smallest absolute Gasteiger partial charge is 0.268 e. The van der Waals surface area contributed by atoms with Gasteiger partial charge in [0.2, 0.25) is 0 Å². The molecule has 5 nitrogen and oxygen atoms in total. The first-order valence-corrected chi connectivity index (χ1v) is 6.21. The van der Waals surface area contributed by atoms with Crippen molar-refractivity contribution in [2.45, 2.75) is 19.8 Å². The summed E-state index contributed by atoms with van der Waals surface area (Å²) in [5, 5.41) is 23.6. The highest BCUT2D eigenvalue weighted by atomic mass is 16.1. The normalized spacial score (nSPS) is 11.8. The standard InChI is InChI=1S/C15H14N4O/c1-9-3-5-11(6-4-9)14(12(7-16)8-17)13-10(2)18-19-15(13)20/h3-6,12,14H,1-2H3,(H2,18,19,20). The molecule has 100 valence electrons. The van der Waals surface area contributed by atoms with E-state index in [1.165, 1.54) is 0 Å². The average Bonchev–Trinajstić information content (AvgIpc) is 2.77. The molecule has 0 aliphatic rings. The van der Waals surface area contributed by atoms with E-state index in [1.807, 2.05) is 43.3 Å². The van der Waals surface area contributed by atoms with Crippen LogP contribution in [0, 0.1) is 42.4 Å². The van der Waals surface area contributed by atoms with Crippen molar-refractivity contribution in [3.05, 3.63) is 57.0 Å². The minimum Gasteiger partial charge on any atom is -0.302 e. The second-order valence-electron chi connectivity index (χ2n) is 4.74. The van der Waals surface area contributed by atoms with Gasteiger partial charge in [0.15, 0.2) is 0 Å². The van der Waals surface area contributed by atoms with Crippen LogP contribution in [0.15, 0.2) is 29.1 Å². The topological polar surface area (TPSA) is 96.2 Å². The van der Waals surface area contributed by atoms with Gasteiger partial charge in [-0.3, -0.25) is 9.89 Å². The highest BCUT2D eigenvalue weighted by Crippen LogP contribution is 2.31. The molecule has 1 unspecified atom stereocenters. The molecule has 0 fully saturated rings. The Morgan fingerprint density at radius 1 is 1.05 bits per heavy atom. The summed E-state index contributed by atoms with van der Waals surface area (Å²) in [7, 11) is 0. The number of H-pyrrole nitrogens is 2. The fourth-order valence-corrected chi connectivity index (χ4v) is 2.31. The number of nitriles is 2. The van der Waals surface area contributed by atoms with Crippen LogP contribution in [-0.2, 0) is 0 Å². The molecule has 0 spiro atoms. The summed E-state index contributed by atoms with van der Waals surface area (Å²) in [5.74, 6) is -1.46. The molecule has 0 radical (unpaired) electrons. The lowest BCUT2D eigenvalue weighted by Crippen LogP contribution is -2.19. The van der Waals surface area contributed by atoms with Crippen LogP contribution in [0.2, 0.25) is 0 Å². The maximum absolute atomic E-state index is 12.0. The van der Waals surface area contributed by atoms with Gasteiger partial charge in [-0.2, -0.15) is 10.5 Å². The van der Waals surface area contributed by atoms with E-state index in [4.69, 9.17) is 0 Å². The zero-order chi connectivity index (χ0) is 14.7. The minimum atomic E-state index is -0.909. The molecule has 0 saturated carbocycles. The summed E-state index contributed by atoms with van der Waals surface area (Å²) in [6.07, 6.45) is 0. The lowest BCUT2D eigenvalue weighted by Gasteiger charge is -2.17. The number of aromatic nitrogens is 2. The largest absolute Gasteiger partial charge is 0.302 e. The van der Waals surface area contributed by atoms with E-state index in [2.05, 4.69) is 10.2 Å². The fourth-order valence-electron chi connectivity index (χ4n) is 2.31. The van der Waals surface area contributed by atoms with Crippen LogP contribution in [0.1, 0.15) is 28.3 Å². The van der Waals surface area contributed by atoms with E-state index in [1.54, 1.807) is 6.92 Å². The van der Waals surface area contributed by atoms with Crippen LogP contribution in [-0.4, -0.2) is 10.2 Å². The molecule has 20 heavy (non-hydrogen) atoms. The Morgan fingerprint density at radius 2 is 1.65 bits per heavy atom. The lowest BCUT2D eigenvalue weighted by molar-refractivity contribution is 0.700. The summed E-state index contributed by atoms with van der Waals surface area (Å²) in [6.45, 7) is 3.71. The lowest BCUT2D eigenvalue weighted by atomic mass is 9.82. The van der Waals surface area contributed by atoms with E-state index in [-0.39, 0.29) is 5.56 Å². The number of hydrogen-bond acceptors (Lipinski definition) is 3. The third-order valence-corrected chi connectivity index (χ3v) is 3.37. The second-order valence-corrected chi connectivity index (χ2v) is 4.74. The van der Waals surface area contributed by atoms with E-state index < -0.39 is 11.8 Å². The summed E-state index contributed by atoms with van der Waals surface area (Å²) < 4.78 is 0. The average molecular weight is 266 g/mol. The van der Waals surface area contributed by atoms with Gasteiger partial charge in [-0.05, 0) is 19.4 Å². The Hall–Kier alpha value is -2.79. The van der Waals surface area contributed by atoms with Crippen LogP contribution in [0.3, 0.4) is 0 Å². The quantitative estimate of drug-likeness (QED) is 0.890. The number of aromatic amines is 2. The molecule has 5 heteroatoms. The Labute approximate surface area is 116 Å². The summed E-state index contributed by atoms with van der Waals surface area (Å²) in [5.41, 5.74) is 2.68. The van der Waals surface area contributed by atoms with Crippen LogP contribution in [0.5, 0.6) is 0 Å². The summed E-state index contributed by atoms with van der Waals surface area (Å²) in [6, 6.07) is 11.5. The maximum Gasteiger partial charge on any atom is 0.268 e. The SMILES string of the molecule is Cc1ccc(C(c2c(C)[nH][nH]c2=O)C(C#N)C#N)cc1. The molecule has 0 saturated heterocycles. The van der Waals surface area contributed by atoms with Gasteiger partial charge >= 0.3 is 0 Å². The molecule has 1 heterocycles. The van der Waals surface area contributed by atoms with Crippen molar-refractivity contribution >= 4 is 0 Å². The molecule has 1 aromatic heterocycles. The fraction of sp³-hybridized carbons (Fsp3) is 0.267. The van der Waals surface area contributed by atoms with Crippen LogP contribution >= 0.6 is 0 Å². The Kier molecular flexibility index (Phi) is 3.72. The van der Waals surface area contributed by atoms with Gasteiger partial charge in [0.05, 0.1) is 12.1 Å². The molecule has 1 aromatic carbocycles. The Morgan fingerprint density at radius 3 is 2.10 bits per heavy atom. The molecule has 1 atom stereocenters. The van der Waals surface area contributed by atoms with Crippen molar-refractivity contribution in [2.75, 3.05) is 0 Å². The number of nitrogens with one attached hydrogen (secondary N) is 2. The molecule has 2 N–H and O–H groups in total. The number of benzene rings is 1. The van der Waals surface area contributed by atoms with Gasteiger partial charge in [-0.1, -0.05) is 29.8 Å². The van der Waals surface area contributed by atoms with E-state index >= 15 is 0 Å². The molecule has 2 rings (SSSR count). The monoisotopic (exact) mass is 266 g/mol. The molecule has 0 amide bonds. The number of aryl methyl sites for hydroxylation is 2. The predicted octanol–water partition coefficient (Wildman–Crippen LogP) is 2.12. The van der Waals surface area contributed by atoms with Gasteiger partial charge in [0, 0.05) is 17.2 Å². The molecule has 0 bridgehead atoms. The van der Waals surface area contributed by atoms with Crippen molar-refractivity contribution in [2.24, 2.45) is 5.92 Å². The molecule has 0 aliphatic heterocycles. The third-order valence-electron chi connectivity index (χ3n) is 3.37. The highest BCUT2D eigenvalue weighted by Gasteiger charge is 2.29.